The lowest BCUT2D eigenvalue weighted by atomic mass is 10.1. The van der Waals surface area contributed by atoms with Crippen LogP contribution < -0.4 is 5.32 Å². The maximum atomic E-state index is 11.3. The van der Waals surface area contributed by atoms with E-state index in [-0.39, 0.29) is 5.92 Å². The van der Waals surface area contributed by atoms with Crippen molar-refractivity contribution < 1.29 is 4.79 Å². The van der Waals surface area contributed by atoms with Crippen LogP contribution in [0.3, 0.4) is 0 Å². The summed E-state index contributed by atoms with van der Waals surface area (Å²) in [7, 11) is 3.94. The summed E-state index contributed by atoms with van der Waals surface area (Å²) in [5.74, 6) is 0.485. The lowest BCUT2D eigenvalue weighted by molar-refractivity contribution is -0.122. The molecule has 0 amide bonds. The van der Waals surface area contributed by atoms with Gasteiger partial charge in [-0.1, -0.05) is 13.8 Å². The lowest BCUT2D eigenvalue weighted by Crippen LogP contribution is -2.30. The molecule has 0 aromatic rings. The van der Waals surface area contributed by atoms with E-state index in [1.165, 1.54) is 0 Å². The van der Waals surface area contributed by atoms with Gasteiger partial charge in [0, 0.05) is 5.92 Å². The Bertz CT molecular complexity index is 146. The van der Waals surface area contributed by atoms with Crippen molar-refractivity contribution >= 4 is 5.78 Å². The van der Waals surface area contributed by atoms with E-state index in [1.807, 2.05) is 27.9 Å². The predicted octanol–water partition coefficient (Wildman–Crippen LogP) is 0.753. The van der Waals surface area contributed by atoms with Crippen molar-refractivity contribution in [1.82, 2.24) is 10.2 Å². The zero-order valence-corrected chi connectivity index (χ0v) is 9.26. The molecule has 0 bridgehead atoms. The number of hydrogen-bond donors (Lipinski definition) is 1. The number of carbonyl (C=O) groups is 1. The fourth-order valence-corrected chi connectivity index (χ4v) is 1.05. The standard InChI is InChI=1S/C10H22N2O/c1-9(2)10(13)8-12(4)7-5-6-11-3/h9,11H,5-8H2,1-4H3. The Kier molecular flexibility index (Phi) is 6.82. The van der Waals surface area contributed by atoms with Crippen LogP contribution in [0.1, 0.15) is 20.3 Å². The zero-order valence-electron chi connectivity index (χ0n) is 9.26. The summed E-state index contributed by atoms with van der Waals surface area (Å²) in [6, 6.07) is 0. The first-order chi connectivity index (χ1) is 6.07. The minimum atomic E-state index is 0.159. The molecule has 13 heavy (non-hydrogen) atoms. The van der Waals surface area contributed by atoms with Crippen molar-refractivity contribution in [2.75, 3.05) is 33.7 Å². The molecule has 0 aromatic heterocycles. The van der Waals surface area contributed by atoms with E-state index in [0.717, 1.165) is 19.5 Å². The van der Waals surface area contributed by atoms with Gasteiger partial charge in [0.15, 0.2) is 0 Å². The number of carbonyl (C=O) groups excluding carboxylic acids is 1. The van der Waals surface area contributed by atoms with Crippen molar-refractivity contribution in [2.45, 2.75) is 20.3 Å². The smallest absolute Gasteiger partial charge is 0.149 e. The summed E-state index contributed by atoms with van der Waals surface area (Å²) in [6.07, 6.45) is 1.10. The molecular weight excluding hydrogens is 164 g/mol. The second-order valence-electron chi connectivity index (χ2n) is 3.82. The highest BCUT2D eigenvalue weighted by atomic mass is 16.1. The van der Waals surface area contributed by atoms with Gasteiger partial charge in [-0.3, -0.25) is 9.69 Å². The Morgan fingerprint density at radius 2 is 2.08 bits per heavy atom. The highest BCUT2D eigenvalue weighted by Gasteiger charge is 2.09. The van der Waals surface area contributed by atoms with Crippen molar-refractivity contribution in [3.05, 3.63) is 0 Å². The van der Waals surface area contributed by atoms with Crippen LogP contribution in [0.4, 0.5) is 0 Å². The molecule has 0 radical (unpaired) electrons. The number of rotatable bonds is 7. The number of likely N-dealkylation sites (N-methyl/N-ethyl adjacent to an activating group) is 1. The van der Waals surface area contributed by atoms with Crippen molar-refractivity contribution in [3.8, 4) is 0 Å². The van der Waals surface area contributed by atoms with Gasteiger partial charge in [-0.15, -0.1) is 0 Å². The van der Waals surface area contributed by atoms with E-state index in [4.69, 9.17) is 0 Å². The van der Waals surface area contributed by atoms with Crippen LogP contribution in [0.15, 0.2) is 0 Å². The second-order valence-corrected chi connectivity index (χ2v) is 3.82. The fraction of sp³-hybridized carbons (Fsp3) is 0.900. The molecule has 0 fully saturated rings. The van der Waals surface area contributed by atoms with Gasteiger partial charge in [-0.2, -0.15) is 0 Å². The van der Waals surface area contributed by atoms with Gasteiger partial charge < -0.3 is 5.32 Å². The Balaban J connectivity index is 3.50. The van der Waals surface area contributed by atoms with Gasteiger partial charge >= 0.3 is 0 Å². The Hall–Kier alpha value is -0.410. The van der Waals surface area contributed by atoms with Crippen molar-refractivity contribution in [2.24, 2.45) is 5.92 Å². The lowest BCUT2D eigenvalue weighted by Gasteiger charge is -2.16. The molecule has 78 valence electrons. The third-order valence-electron chi connectivity index (χ3n) is 2.04. The van der Waals surface area contributed by atoms with Crippen LogP contribution in [0.2, 0.25) is 0 Å². The summed E-state index contributed by atoms with van der Waals surface area (Å²) in [4.78, 5) is 13.4. The first-order valence-corrected chi connectivity index (χ1v) is 4.93. The Morgan fingerprint density at radius 3 is 2.54 bits per heavy atom. The van der Waals surface area contributed by atoms with Crippen LogP contribution in [0, 0.1) is 5.92 Å². The van der Waals surface area contributed by atoms with Crippen LogP contribution in [0.5, 0.6) is 0 Å². The van der Waals surface area contributed by atoms with Gasteiger partial charge in [-0.25, -0.2) is 0 Å². The van der Waals surface area contributed by atoms with Crippen molar-refractivity contribution in [1.29, 1.82) is 0 Å². The van der Waals surface area contributed by atoms with Gasteiger partial charge in [-0.05, 0) is 33.6 Å². The van der Waals surface area contributed by atoms with E-state index in [0.29, 0.717) is 12.3 Å². The largest absolute Gasteiger partial charge is 0.320 e. The summed E-state index contributed by atoms with van der Waals surface area (Å²) < 4.78 is 0. The van der Waals surface area contributed by atoms with Crippen LogP contribution in [0.25, 0.3) is 0 Å². The predicted molar refractivity (Wildman–Crippen MR) is 55.9 cm³/mol. The number of hydrogen-bond acceptors (Lipinski definition) is 3. The summed E-state index contributed by atoms with van der Waals surface area (Å²) >= 11 is 0. The number of nitrogens with zero attached hydrogens (tertiary/aromatic N) is 1. The van der Waals surface area contributed by atoms with E-state index >= 15 is 0 Å². The monoisotopic (exact) mass is 186 g/mol. The van der Waals surface area contributed by atoms with Gasteiger partial charge in [0.25, 0.3) is 0 Å². The average Bonchev–Trinajstić information content (AvgIpc) is 2.04. The third kappa shape index (κ3) is 6.72. The van der Waals surface area contributed by atoms with Crippen LogP contribution in [-0.2, 0) is 4.79 Å². The number of ketones is 1. The van der Waals surface area contributed by atoms with E-state index in [1.54, 1.807) is 0 Å². The highest BCUT2D eigenvalue weighted by molar-refractivity contribution is 5.82. The molecule has 1 N–H and O–H groups in total. The molecule has 0 aliphatic carbocycles. The van der Waals surface area contributed by atoms with E-state index in [2.05, 4.69) is 10.2 Å². The third-order valence-corrected chi connectivity index (χ3v) is 2.04. The molecule has 0 unspecified atom stereocenters. The second kappa shape index (κ2) is 7.04. The quantitative estimate of drug-likeness (QED) is 0.596. The minimum Gasteiger partial charge on any atom is -0.320 e. The molecular formula is C10H22N2O. The number of Topliss-reactive ketones (excluding diaryl/α,β-unsaturated/α-hetero) is 1. The van der Waals surface area contributed by atoms with Crippen LogP contribution in [-0.4, -0.2) is 44.4 Å². The summed E-state index contributed by atoms with van der Waals surface area (Å²) in [6.45, 7) is 6.48. The zero-order chi connectivity index (χ0) is 10.3. The van der Waals surface area contributed by atoms with E-state index in [9.17, 15) is 4.79 Å². The summed E-state index contributed by atoms with van der Waals surface area (Å²) in [5, 5.41) is 3.09. The maximum absolute atomic E-state index is 11.3. The van der Waals surface area contributed by atoms with Gasteiger partial charge in [0.1, 0.15) is 5.78 Å². The SMILES string of the molecule is CNCCCN(C)CC(=O)C(C)C. The molecule has 0 rings (SSSR count). The van der Waals surface area contributed by atoms with Crippen molar-refractivity contribution in [3.63, 3.8) is 0 Å². The first kappa shape index (κ1) is 12.6. The molecule has 0 spiro atoms. The van der Waals surface area contributed by atoms with Gasteiger partial charge in [0.2, 0.25) is 0 Å². The van der Waals surface area contributed by atoms with Gasteiger partial charge in [0.05, 0.1) is 6.54 Å². The summed E-state index contributed by atoms with van der Waals surface area (Å²) in [5.41, 5.74) is 0. The normalized spacial score (nSPS) is 11.2. The highest BCUT2D eigenvalue weighted by Crippen LogP contribution is 1.96. The fourth-order valence-electron chi connectivity index (χ4n) is 1.05. The average molecular weight is 186 g/mol. The molecule has 0 saturated heterocycles. The molecule has 0 atom stereocenters. The van der Waals surface area contributed by atoms with E-state index < -0.39 is 0 Å². The molecule has 0 aliphatic heterocycles. The number of nitrogens with one attached hydrogen (secondary N) is 1. The maximum Gasteiger partial charge on any atom is 0.149 e. The molecule has 0 aliphatic rings. The van der Waals surface area contributed by atoms with Crippen LogP contribution >= 0.6 is 0 Å². The molecule has 0 saturated carbocycles. The Morgan fingerprint density at radius 1 is 1.46 bits per heavy atom. The molecule has 3 nitrogen and oxygen atoms in total. The topological polar surface area (TPSA) is 32.3 Å². The minimum absolute atomic E-state index is 0.159. The Labute approximate surface area is 81.5 Å². The first-order valence-electron chi connectivity index (χ1n) is 4.93. The molecule has 0 aromatic carbocycles. The molecule has 3 heteroatoms. The molecule has 0 heterocycles.